The summed E-state index contributed by atoms with van der Waals surface area (Å²) in [6.07, 6.45) is 6.56. The Hall–Kier alpha value is -1.38. The van der Waals surface area contributed by atoms with Gasteiger partial charge in [0.05, 0.1) is 5.69 Å². The van der Waals surface area contributed by atoms with Crippen LogP contribution in [0.15, 0.2) is 18.2 Å². The molecule has 0 aromatic heterocycles. The summed E-state index contributed by atoms with van der Waals surface area (Å²) in [4.78, 5) is 13.0. The second-order valence-corrected chi connectivity index (χ2v) is 4.55. The molecule has 0 spiro atoms. The Kier molecular flexibility index (Phi) is 4.13. The lowest BCUT2D eigenvalue weighted by Gasteiger charge is -2.28. The predicted octanol–water partition coefficient (Wildman–Crippen LogP) is 3.41. The molecular weight excluding hydrogens is 217 g/mol. The minimum Gasteiger partial charge on any atom is -0.369 e. The molecule has 0 unspecified atom stereocenters. The second kappa shape index (κ2) is 5.80. The molecule has 3 heteroatoms. The van der Waals surface area contributed by atoms with Crippen molar-refractivity contribution in [3.05, 3.63) is 29.6 Å². The lowest BCUT2D eigenvalue weighted by atomic mass is 10.1. The van der Waals surface area contributed by atoms with Gasteiger partial charge in [0.25, 0.3) is 0 Å². The van der Waals surface area contributed by atoms with Gasteiger partial charge in [-0.1, -0.05) is 25.3 Å². The SMILES string of the molecule is O=Cc1cccc(F)c1N1CCCCCCC1. The molecule has 1 aromatic carbocycles. The molecular formula is C14H18FNO. The van der Waals surface area contributed by atoms with Crippen LogP contribution in [0.1, 0.15) is 42.5 Å². The summed E-state index contributed by atoms with van der Waals surface area (Å²) in [5, 5.41) is 0. The van der Waals surface area contributed by atoms with E-state index in [1.54, 1.807) is 12.1 Å². The van der Waals surface area contributed by atoms with E-state index < -0.39 is 0 Å². The molecule has 17 heavy (non-hydrogen) atoms. The van der Waals surface area contributed by atoms with Crippen LogP contribution in [0.5, 0.6) is 0 Å². The number of hydrogen-bond donors (Lipinski definition) is 0. The van der Waals surface area contributed by atoms with Crippen LogP contribution in [0, 0.1) is 5.82 Å². The van der Waals surface area contributed by atoms with Gasteiger partial charge in [-0.15, -0.1) is 0 Å². The van der Waals surface area contributed by atoms with Crippen molar-refractivity contribution in [2.75, 3.05) is 18.0 Å². The zero-order valence-corrected chi connectivity index (χ0v) is 9.99. The van der Waals surface area contributed by atoms with Crippen molar-refractivity contribution in [2.45, 2.75) is 32.1 Å². The molecule has 0 radical (unpaired) electrons. The highest BCUT2D eigenvalue weighted by Crippen LogP contribution is 2.25. The first-order valence-electron chi connectivity index (χ1n) is 6.31. The zero-order valence-electron chi connectivity index (χ0n) is 9.99. The van der Waals surface area contributed by atoms with E-state index in [0.29, 0.717) is 11.3 Å². The fourth-order valence-corrected chi connectivity index (χ4v) is 2.43. The average molecular weight is 235 g/mol. The van der Waals surface area contributed by atoms with Crippen LogP contribution in [0.4, 0.5) is 10.1 Å². The molecule has 0 atom stereocenters. The van der Waals surface area contributed by atoms with Gasteiger partial charge in [-0.25, -0.2) is 4.39 Å². The predicted molar refractivity (Wildman–Crippen MR) is 67.1 cm³/mol. The van der Waals surface area contributed by atoms with Crippen LogP contribution in [-0.2, 0) is 0 Å². The van der Waals surface area contributed by atoms with Crippen molar-refractivity contribution < 1.29 is 9.18 Å². The maximum Gasteiger partial charge on any atom is 0.152 e. The number of hydrogen-bond acceptors (Lipinski definition) is 2. The van der Waals surface area contributed by atoms with E-state index in [0.717, 1.165) is 32.2 Å². The fraction of sp³-hybridized carbons (Fsp3) is 0.500. The van der Waals surface area contributed by atoms with Crippen molar-refractivity contribution in [2.24, 2.45) is 0 Å². The molecule has 0 saturated carbocycles. The maximum atomic E-state index is 13.9. The molecule has 0 amide bonds. The summed E-state index contributed by atoms with van der Waals surface area (Å²) >= 11 is 0. The molecule has 1 aromatic rings. The van der Waals surface area contributed by atoms with Crippen LogP contribution < -0.4 is 4.90 Å². The minimum atomic E-state index is -0.282. The van der Waals surface area contributed by atoms with E-state index in [-0.39, 0.29) is 5.82 Å². The quantitative estimate of drug-likeness (QED) is 0.732. The van der Waals surface area contributed by atoms with Gasteiger partial charge in [-0.2, -0.15) is 0 Å². The number of anilines is 1. The number of aldehydes is 1. The summed E-state index contributed by atoms with van der Waals surface area (Å²) in [5.41, 5.74) is 0.954. The van der Waals surface area contributed by atoms with Gasteiger partial charge in [0.1, 0.15) is 5.82 Å². The first-order chi connectivity index (χ1) is 8.33. The molecule has 0 aliphatic carbocycles. The highest BCUT2D eigenvalue weighted by atomic mass is 19.1. The van der Waals surface area contributed by atoms with E-state index in [1.165, 1.54) is 25.3 Å². The third-order valence-corrected chi connectivity index (χ3v) is 3.32. The molecule has 1 aliphatic rings. The van der Waals surface area contributed by atoms with Crippen molar-refractivity contribution in [1.29, 1.82) is 0 Å². The smallest absolute Gasteiger partial charge is 0.152 e. The summed E-state index contributed by atoms with van der Waals surface area (Å²) in [6, 6.07) is 4.71. The number of carbonyl (C=O) groups excluding carboxylic acids is 1. The Labute approximate surface area is 101 Å². The Morgan fingerprint density at radius 1 is 1.06 bits per heavy atom. The third kappa shape index (κ3) is 2.84. The van der Waals surface area contributed by atoms with E-state index in [1.807, 2.05) is 4.90 Å². The lowest BCUT2D eigenvalue weighted by Crippen LogP contribution is -2.28. The molecule has 0 N–H and O–H groups in total. The van der Waals surface area contributed by atoms with Gasteiger partial charge < -0.3 is 4.90 Å². The highest BCUT2D eigenvalue weighted by molar-refractivity contribution is 5.84. The Bertz CT molecular complexity index is 384. The second-order valence-electron chi connectivity index (χ2n) is 4.55. The van der Waals surface area contributed by atoms with E-state index in [2.05, 4.69) is 0 Å². The van der Waals surface area contributed by atoms with E-state index >= 15 is 0 Å². The summed E-state index contributed by atoms with van der Waals surface area (Å²) in [7, 11) is 0. The molecule has 1 saturated heterocycles. The normalized spacial score (nSPS) is 17.4. The highest BCUT2D eigenvalue weighted by Gasteiger charge is 2.16. The number of halogens is 1. The summed E-state index contributed by atoms with van der Waals surface area (Å²) < 4.78 is 13.9. The van der Waals surface area contributed by atoms with Crippen LogP contribution >= 0.6 is 0 Å². The molecule has 2 nitrogen and oxygen atoms in total. The van der Waals surface area contributed by atoms with E-state index in [9.17, 15) is 9.18 Å². The summed E-state index contributed by atoms with van der Waals surface area (Å²) in [6.45, 7) is 1.70. The first kappa shape index (κ1) is 12.1. The third-order valence-electron chi connectivity index (χ3n) is 3.32. The van der Waals surface area contributed by atoms with Crippen LogP contribution in [-0.4, -0.2) is 19.4 Å². The number of carbonyl (C=O) groups is 1. The zero-order chi connectivity index (χ0) is 12.1. The first-order valence-corrected chi connectivity index (χ1v) is 6.31. The molecule has 0 bridgehead atoms. The molecule has 1 fully saturated rings. The van der Waals surface area contributed by atoms with Crippen LogP contribution in [0.25, 0.3) is 0 Å². The van der Waals surface area contributed by atoms with Gasteiger partial charge in [0.15, 0.2) is 6.29 Å². The number of benzene rings is 1. The number of nitrogens with zero attached hydrogens (tertiary/aromatic N) is 1. The summed E-state index contributed by atoms with van der Waals surface area (Å²) in [5.74, 6) is -0.282. The molecule has 1 aliphatic heterocycles. The Morgan fingerprint density at radius 2 is 1.71 bits per heavy atom. The largest absolute Gasteiger partial charge is 0.369 e. The van der Waals surface area contributed by atoms with Crippen molar-refractivity contribution in [1.82, 2.24) is 0 Å². The topological polar surface area (TPSA) is 20.3 Å². The number of rotatable bonds is 2. The van der Waals surface area contributed by atoms with Gasteiger partial charge >= 0.3 is 0 Å². The van der Waals surface area contributed by atoms with Crippen molar-refractivity contribution in [3.63, 3.8) is 0 Å². The van der Waals surface area contributed by atoms with Crippen LogP contribution in [0.2, 0.25) is 0 Å². The lowest BCUT2D eigenvalue weighted by molar-refractivity contribution is 0.112. The molecule has 1 heterocycles. The van der Waals surface area contributed by atoms with Gasteiger partial charge in [-0.3, -0.25) is 4.79 Å². The van der Waals surface area contributed by atoms with Gasteiger partial charge in [-0.05, 0) is 25.0 Å². The standard InChI is InChI=1S/C14H18FNO/c15-13-8-6-7-12(11-17)14(13)16-9-4-2-1-3-5-10-16/h6-8,11H,1-5,9-10H2. The van der Waals surface area contributed by atoms with Crippen LogP contribution in [0.3, 0.4) is 0 Å². The molecule has 92 valence electrons. The fourth-order valence-electron chi connectivity index (χ4n) is 2.43. The van der Waals surface area contributed by atoms with Gasteiger partial charge in [0, 0.05) is 18.7 Å². The van der Waals surface area contributed by atoms with Gasteiger partial charge in [0.2, 0.25) is 0 Å². The monoisotopic (exact) mass is 235 g/mol. The van der Waals surface area contributed by atoms with Crippen molar-refractivity contribution >= 4 is 12.0 Å². The Morgan fingerprint density at radius 3 is 2.35 bits per heavy atom. The minimum absolute atomic E-state index is 0.282. The van der Waals surface area contributed by atoms with Crippen molar-refractivity contribution in [3.8, 4) is 0 Å². The molecule has 2 rings (SSSR count). The van der Waals surface area contributed by atoms with E-state index in [4.69, 9.17) is 0 Å². The number of para-hydroxylation sites is 1. The maximum absolute atomic E-state index is 13.9. The Balaban J connectivity index is 2.26. The average Bonchev–Trinajstić information content (AvgIpc) is 2.29.